The van der Waals surface area contributed by atoms with Gasteiger partial charge < -0.3 is 5.11 Å². The molecule has 0 aromatic heterocycles. The number of likely N-dealkylation sites (tertiary alicyclic amines) is 1. The van der Waals surface area contributed by atoms with Crippen LogP contribution in [0.1, 0.15) is 49.3 Å². The lowest BCUT2D eigenvalue weighted by Gasteiger charge is -2.34. The molecule has 3 heteroatoms. The summed E-state index contributed by atoms with van der Waals surface area (Å²) in [6, 6.07) is 6.72. The number of carbonyl (C=O) groups is 1. The maximum absolute atomic E-state index is 11.7. The van der Waals surface area contributed by atoms with Crippen LogP contribution >= 0.6 is 0 Å². The predicted molar refractivity (Wildman–Crippen MR) is 78.8 cm³/mol. The number of hydrogen-bond acceptors (Lipinski definition) is 2. The average Bonchev–Trinajstić information content (AvgIpc) is 3.05. The van der Waals surface area contributed by atoms with E-state index in [0.29, 0.717) is 6.42 Å². The van der Waals surface area contributed by atoms with E-state index in [9.17, 15) is 9.90 Å². The van der Waals surface area contributed by atoms with Crippen LogP contribution in [0.4, 0.5) is 0 Å². The van der Waals surface area contributed by atoms with Gasteiger partial charge in [0.25, 0.3) is 0 Å². The molecule has 0 saturated carbocycles. The van der Waals surface area contributed by atoms with Crippen LogP contribution in [0.25, 0.3) is 0 Å². The fourth-order valence-corrected chi connectivity index (χ4v) is 3.90. The lowest BCUT2D eigenvalue weighted by atomic mass is 9.92. The maximum atomic E-state index is 11.7. The van der Waals surface area contributed by atoms with E-state index in [4.69, 9.17) is 0 Å². The van der Waals surface area contributed by atoms with E-state index in [1.807, 2.05) is 6.92 Å². The van der Waals surface area contributed by atoms with Gasteiger partial charge in [0.05, 0.1) is 0 Å². The zero-order chi connectivity index (χ0) is 14.2. The van der Waals surface area contributed by atoms with Gasteiger partial charge in [-0.25, -0.2) is 0 Å². The molecule has 1 fully saturated rings. The molecule has 2 aliphatic rings. The van der Waals surface area contributed by atoms with Crippen LogP contribution in [0.3, 0.4) is 0 Å². The van der Waals surface area contributed by atoms with E-state index in [-0.39, 0.29) is 0 Å². The molecule has 3 rings (SSSR count). The molecule has 1 saturated heterocycles. The van der Waals surface area contributed by atoms with Crippen LogP contribution in [0.15, 0.2) is 18.2 Å². The van der Waals surface area contributed by atoms with Crippen LogP contribution in [-0.2, 0) is 24.2 Å². The smallest absolute Gasteiger partial charge is 0.324 e. The van der Waals surface area contributed by atoms with Crippen LogP contribution < -0.4 is 0 Å². The number of aliphatic carboxylic acids is 1. The number of carboxylic acids is 1. The number of aryl methyl sites for hydroxylation is 2. The number of nitrogens with zero attached hydrogens (tertiary/aromatic N) is 1. The summed E-state index contributed by atoms with van der Waals surface area (Å²) in [5, 5.41) is 9.63. The number of hydrogen-bond donors (Lipinski definition) is 1. The highest BCUT2D eigenvalue weighted by molar-refractivity contribution is 5.79. The first-order chi connectivity index (χ1) is 9.65. The second kappa shape index (κ2) is 5.21. The monoisotopic (exact) mass is 273 g/mol. The molecular formula is C17H23NO2. The lowest BCUT2D eigenvalue weighted by Crippen LogP contribution is -2.49. The molecule has 1 aromatic carbocycles. The molecule has 3 nitrogen and oxygen atoms in total. The van der Waals surface area contributed by atoms with Gasteiger partial charge in [0.15, 0.2) is 0 Å². The third-order valence-electron chi connectivity index (χ3n) is 5.14. The number of rotatable bonds is 4. The van der Waals surface area contributed by atoms with Crippen molar-refractivity contribution in [2.45, 2.75) is 57.5 Å². The van der Waals surface area contributed by atoms with Gasteiger partial charge in [0.1, 0.15) is 5.54 Å². The summed E-state index contributed by atoms with van der Waals surface area (Å²) < 4.78 is 0. The van der Waals surface area contributed by atoms with E-state index in [2.05, 4.69) is 23.1 Å². The summed E-state index contributed by atoms with van der Waals surface area (Å²) in [7, 11) is 0. The molecule has 108 valence electrons. The Hall–Kier alpha value is -1.35. The van der Waals surface area contributed by atoms with E-state index in [0.717, 1.165) is 25.9 Å². The fourth-order valence-electron chi connectivity index (χ4n) is 3.90. The number of fused-ring (bicyclic) bond motifs is 1. The summed E-state index contributed by atoms with van der Waals surface area (Å²) in [6.45, 7) is 3.67. The quantitative estimate of drug-likeness (QED) is 0.916. The van der Waals surface area contributed by atoms with Gasteiger partial charge in [0.2, 0.25) is 0 Å². The first-order valence-electron chi connectivity index (χ1n) is 7.75. The molecule has 1 atom stereocenters. The zero-order valence-corrected chi connectivity index (χ0v) is 12.2. The molecule has 1 N–H and O–H groups in total. The average molecular weight is 273 g/mol. The van der Waals surface area contributed by atoms with Gasteiger partial charge in [-0.1, -0.05) is 25.1 Å². The topological polar surface area (TPSA) is 40.5 Å². The summed E-state index contributed by atoms with van der Waals surface area (Å²) in [4.78, 5) is 13.9. The Morgan fingerprint density at radius 1 is 1.30 bits per heavy atom. The normalized spacial score (nSPS) is 25.9. The second-order valence-electron chi connectivity index (χ2n) is 6.17. The third kappa shape index (κ3) is 2.14. The van der Waals surface area contributed by atoms with Crippen molar-refractivity contribution in [1.29, 1.82) is 0 Å². The van der Waals surface area contributed by atoms with Crippen LogP contribution in [-0.4, -0.2) is 28.1 Å². The van der Waals surface area contributed by atoms with Crippen molar-refractivity contribution in [3.05, 3.63) is 34.9 Å². The first-order valence-corrected chi connectivity index (χ1v) is 7.75. The Bertz CT molecular complexity index is 526. The lowest BCUT2D eigenvalue weighted by molar-refractivity contribution is -0.150. The van der Waals surface area contributed by atoms with Crippen molar-refractivity contribution >= 4 is 5.97 Å². The van der Waals surface area contributed by atoms with Crippen LogP contribution in [0.5, 0.6) is 0 Å². The van der Waals surface area contributed by atoms with Gasteiger partial charge in [-0.3, -0.25) is 9.69 Å². The number of carboxylic acid groups (broad SMARTS) is 1. The van der Waals surface area contributed by atoms with E-state index in [1.54, 1.807) is 0 Å². The molecule has 1 unspecified atom stereocenters. The zero-order valence-electron chi connectivity index (χ0n) is 12.2. The molecule has 20 heavy (non-hydrogen) atoms. The van der Waals surface area contributed by atoms with E-state index in [1.165, 1.54) is 36.0 Å². The standard InChI is InChI=1S/C17H23NO2/c1-2-17(16(19)20)9-4-10-18(17)12-13-7-8-14-5-3-6-15(14)11-13/h7-8,11H,2-6,9-10,12H2,1H3,(H,19,20). The SMILES string of the molecule is CCC1(C(=O)O)CCCN1Cc1ccc2c(c1)CCC2. The molecule has 0 bridgehead atoms. The fraction of sp³-hybridized carbons (Fsp3) is 0.588. The molecule has 0 spiro atoms. The first kappa shape index (κ1) is 13.6. The predicted octanol–water partition coefficient (Wildman–Crippen LogP) is 3.00. The summed E-state index contributed by atoms with van der Waals surface area (Å²) in [6.07, 6.45) is 6.10. The Labute approximate surface area is 120 Å². The van der Waals surface area contributed by atoms with Crippen molar-refractivity contribution in [2.24, 2.45) is 0 Å². The van der Waals surface area contributed by atoms with Gasteiger partial charge >= 0.3 is 5.97 Å². The molecule has 1 aliphatic carbocycles. The molecule has 0 radical (unpaired) electrons. The van der Waals surface area contributed by atoms with E-state index < -0.39 is 11.5 Å². The van der Waals surface area contributed by atoms with Gasteiger partial charge in [-0.15, -0.1) is 0 Å². The summed E-state index contributed by atoms with van der Waals surface area (Å²) in [5.41, 5.74) is 3.58. The minimum atomic E-state index is -0.654. The minimum absolute atomic E-state index is 0.640. The molecule has 0 amide bonds. The highest BCUT2D eigenvalue weighted by atomic mass is 16.4. The van der Waals surface area contributed by atoms with E-state index >= 15 is 0 Å². The second-order valence-corrected chi connectivity index (χ2v) is 6.17. The third-order valence-corrected chi connectivity index (χ3v) is 5.14. The molecular weight excluding hydrogens is 250 g/mol. The Kier molecular flexibility index (Phi) is 3.55. The van der Waals surface area contributed by atoms with Crippen molar-refractivity contribution in [1.82, 2.24) is 4.90 Å². The van der Waals surface area contributed by atoms with Crippen LogP contribution in [0, 0.1) is 0 Å². The van der Waals surface area contributed by atoms with Gasteiger partial charge in [-0.05, 0) is 61.8 Å². The van der Waals surface area contributed by atoms with Crippen LogP contribution in [0.2, 0.25) is 0 Å². The molecule has 1 heterocycles. The van der Waals surface area contributed by atoms with Crippen molar-refractivity contribution in [2.75, 3.05) is 6.54 Å². The van der Waals surface area contributed by atoms with Gasteiger partial charge in [0, 0.05) is 6.54 Å². The van der Waals surface area contributed by atoms with Crippen molar-refractivity contribution < 1.29 is 9.90 Å². The highest BCUT2D eigenvalue weighted by Crippen LogP contribution is 2.34. The van der Waals surface area contributed by atoms with Gasteiger partial charge in [-0.2, -0.15) is 0 Å². The Balaban J connectivity index is 1.81. The summed E-state index contributed by atoms with van der Waals surface area (Å²) in [5.74, 6) is -0.654. The summed E-state index contributed by atoms with van der Waals surface area (Å²) >= 11 is 0. The largest absolute Gasteiger partial charge is 0.480 e. The van der Waals surface area contributed by atoms with Crippen molar-refractivity contribution in [3.63, 3.8) is 0 Å². The number of benzene rings is 1. The Morgan fingerprint density at radius 3 is 2.85 bits per heavy atom. The minimum Gasteiger partial charge on any atom is -0.480 e. The maximum Gasteiger partial charge on any atom is 0.324 e. The molecule has 1 aromatic rings. The highest BCUT2D eigenvalue weighted by Gasteiger charge is 2.45. The molecule has 1 aliphatic heterocycles. The Morgan fingerprint density at radius 2 is 2.10 bits per heavy atom. The van der Waals surface area contributed by atoms with Crippen molar-refractivity contribution in [3.8, 4) is 0 Å².